The minimum atomic E-state index is -0.135. The second-order valence-corrected chi connectivity index (χ2v) is 2.35. The van der Waals surface area contributed by atoms with Gasteiger partial charge in [-0.1, -0.05) is 0 Å². The third kappa shape index (κ3) is 1.82. The first-order valence-corrected chi connectivity index (χ1v) is 3.54. The van der Waals surface area contributed by atoms with E-state index in [9.17, 15) is 0 Å². The predicted octanol–water partition coefficient (Wildman–Crippen LogP) is 1.45. The van der Waals surface area contributed by atoms with Gasteiger partial charge in [-0.25, -0.2) is 0 Å². The Morgan fingerprint density at radius 2 is 2.27 bits per heavy atom. The molecule has 0 spiro atoms. The highest BCUT2D eigenvalue weighted by Gasteiger charge is 2.10. The Hall–Kier alpha value is -0.800. The second kappa shape index (κ2) is 3.55. The highest BCUT2D eigenvalue weighted by atomic mass is 16.5. The van der Waals surface area contributed by atoms with E-state index in [2.05, 4.69) is 5.32 Å². The lowest BCUT2D eigenvalue weighted by atomic mass is 10.4. The molecule has 1 atom stereocenters. The molecule has 62 valence electrons. The summed E-state index contributed by atoms with van der Waals surface area (Å²) >= 11 is 0. The first-order chi connectivity index (χ1) is 5.27. The minimum absolute atomic E-state index is 0.135. The SMILES string of the molecule is CNC(OC)c1ccc(C)o1. The maximum absolute atomic E-state index is 5.34. The molecule has 1 unspecified atom stereocenters. The maximum Gasteiger partial charge on any atom is 0.166 e. The van der Waals surface area contributed by atoms with Crippen LogP contribution >= 0.6 is 0 Å². The fraction of sp³-hybridized carbons (Fsp3) is 0.500. The highest BCUT2D eigenvalue weighted by molar-refractivity contribution is 5.07. The standard InChI is InChI=1S/C8H13NO2/c1-6-4-5-7(11-6)8(9-2)10-3/h4-5,8-9H,1-3H3. The maximum atomic E-state index is 5.34. The van der Waals surface area contributed by atoms with Gasteiger partial charge < -0.3 is 9.15 Å². The molecule has 0 aromatic carbocycles. The lowest BCUT2D eigenvalue weighted by Gasteiger charge is -2.10. The van der Waals surface area contributed by atoms with Crippen LogP contribution in [0.5, 0.6) is 0 Å². The molecule has 1 N–H and O–H groups in total. The van der Waals surface area contributed by atoms with Crippen molar-refractivity contribution in [3.05, 3.63) is 23.7 Å². The molecule has 0 fully saturated rings. The van der Waals surface area contributed by atoms with Gasteiger partial charge in [-0.15, -0.1) is 0 Å². The Labute approximate surface area is 66.3 Å². The van der Waals surface area contributed by atoms with Gasteiger partial charge in [0.25, 0.3) is 0 Å². The van der Waals surface area contributed by atoms with Crippen molar-refractivity contribution < 1.29 is 9.15 Å². The normalized spacial score (nSPS) is 13.4. The lowest BCUT2D eigenvalue weighted by Crippen LogP contribution is -2.17. The molecule has 0 saturated carbocycles. The van der Waals surface area contributed by atoms with E-state index in [1.807, 2.05) is 26.1 Å². The fourth-order valence-electron chi connectivity index (χ4n) is 0.971. The molecule has 0 saturated heterocycles. The van der Waals surface area contributed by atoms with E-state index < -0.39 is 0 Å². The Bertz CT molecular complexity index is 216. The van der Waals surface area contributed by atoms with E-state index in [-0.39, 0.29) is 6.23 Å². The fourth-order valence-corrected chi connectivity index (χ4v) is 0.971. The van der Waals surface area contributed by atoms with Gasteiger partial charge in [0.15, 0.2) is 6.23 Å². The van der Waals surface area contributed by atoms with Crippen LogP contribution in [-0.4, -0.2) is 14.2 Å². The zero-order chi connectivity index (χ0) is 8.27. The summed E-state index contributed by atoms with van der Waals surface area (Å²) in [6.07, 6.45) is -0.135. The van der Waals surface area contributed by atoms with Crippen LogP contribution in [0.1, 0.15) is 17.7 Å². The van der Waals surface area contributed by atoms with E-state index in [4.69, 9.17) is 9.15 Å². The molecule has 0 aliphatic rings. The monoisotopic (exact) mass is 155 g/mol. The van der Waals surface area contributed by atoms with E-state index in [0.717, 1.165) is 11.5 Å². The Morgan fingerprint density at radius 1 is 1.55 bits per heavy atom. The number of hydrogen-bond donors (Lipinski definition) is 1. The molecule has 11 heavy (non-hydrogen) atoms. The van der Waals surface area contributed by atoms with Crippen LogP contribution in [0.25, 0.3) is 0 Å². The van der Waals surface area contributed by atoms with Crippen molar-refractivity contribution in [1.82, 2.24) is 5.32 Å². The summed E-state index contributed by atoms with van der Waals surface area (Å²) in [5.41, 5.74) is 0. The van der Waals surface area contributed by atoms with Gasteiger partial charge in [-0.05, 0) is 26.1 Å². The van der Waals surface area contributed by atoms with Crippen LogP contribution in [0, 0.1) is 6.92 Å². The third-order valence-corrected chi connectivity index (χ3v) is 1.52. The summed E-state index contributed by atoms with van der Waals surface area (Å²) in [5.74, 6) is 1.71. The van der Waals surface area contributed by atoms with Gasteiger partial charge in [0.1, 0.15) is 11.5 Å². The molecule has 1 heterocycles. The Kier molecular flexibility index (Phi) is 2.68. The van der Waals surface area contributed by atoms with Crippen molar-refractivity contribution >= 4 is 0 Å². The van der Waals surface area contributed by atoms with Crippen LogP contribution in [0.2, 0.25) is 0 Å². The molecule has 0 radical (unpaired) electrons. The molecule has 0 amide bonds. The molecule has 3 heteroatoms. The first kappa shape index (κ1) is 8.30. The van der Waals surface area contributed by atoms with Crippen LogP contribution < -0.4 is 5.32 Å². The Morgan fingerprint density at radius 3 is 2.64 bits per heavy atom. The van der Waals surface area contributed by atoms with E-state index >= 15 is 0 Å². The number of methoxy groups -OCH3 is 1. The number of ether oxygens (including phenoxy) is 1. The summed E-state index contributed by atoms with van der Waals surface area (Å²) in [5, 5.41) is 2.97. The lowest BCUT2D eigenvalue weighted by molar-refractivity contribution is 0.0615. The first-order valence-electron chi connectivity index (χ1n) is 3.54. The number of nitrogens with one attached hydrogen (secondary N) is 1. The number of hydrogen-bond acceptors (Lipinski definition) is 3. The molecule has 1 aromatic heterocycles. The van der Waals surface area contributed by atoms with Crippen LogP contribution in [0.4, 0.5) is 0 Å². The summed E-state index contributed by atoms with van der Waals surface area (Å²) < 4.78 is 10.4. The highest BCUT2D eigenvalue weighted by Crippen LogP contribution is 2.15. The summed E-state index contributed by atoms with van der Waals surface area (Å²) in [6.45, 7) is 1.91. The quantitative estimate of drug-likeness (QED) is 0.671. The molecule has 1 aromatic rings. The molecule has 1 rings (SSSR count). The summed E-state index contributed by atoms with van der Waals surface area (Å²) in [7, 11) is 3.46. The largest absolute Gasteiger partial charge is 0.462 e. The Balaban J connectivity index is 2.73. The third-order valence-electron chi connectivity index (χ3n) is 1.52. The predicted molar refractivity (Wildman–Crippen MR) is 42.3 cm³/mol. The van der Waals surface area contributed by atoms with Gasteiger partial charge in [0.2, 0.25) is 0 Å². The number of aryl methyl sites for hydroxylation is 1. The molecule has 0 aliphatic heterocycles. The van der Waals surface area contributed by atoms with Crippen molar-refractivity contribution in [2.24, 2.45) is 0 Å². The molecule has 3 nitrogen and oxygen atoms in total. The average Bonchev–Trinajstić information content (AvgIpc) is 2.39. The topological polar surface area (TPSA) is 34.4 Å². The number of rotatable bonds is 3. The second-order valence-electron chi connectivity index (χ2n) is 2.35. The van der Waals surface area contributed by atoms with Gasteiger partial charge in [0, 0.05) is 7.11 Å². The van der Waals surface area contributed by atoms with Crippen LogP contribution in [0.15, 0.2) is 16.5 Å². The van der Waals surface area contributed by atoms with Crippen molar-refractivity contribution in [3.63, 3.8) is 0 Å². The molecular weight excluding hydrogens is 142 g/mol. The van der Waals surface area contributed by atoms with Crippen molar-refractivity contribution in [3.8, 4) is 0 Å². The van der Waals surface area contributed by atoms with Crippen LogP contribution in [0.3, 0.4) is 0 Å². The van der Waals surface area contributed by atoms with E-state index in [1.165, 1.54) is 0 Å². The average molecular weight is 155 g/mol. The van der Waals surface area contributed by atoms with Crippen LogP contribution in [-0.2, 0) is 4.74 Å². The smallest absolute Gasteiger partial charge is 0.166 e. The molecular formula is C8H13NO2. The van der Waals surface area contributed by atoms with Gasteiger partial charge in [-0.3, -0.25) is 5.32 Å². The van der Waals surface area contributed by atoms with Gasteiger partial charge in [0.05, 0.1) is 0 Å². The van der Waals surface area contributed by atoms with E-state index in [0.29, 0.717) is 0 Å². The zero-order valence-electron chi connectivity index (χ0n) is 7.05. The van der Waals surface area contributed by atoms with Crippen molar-refractivity contribution in [2.75, 3.05) is 14.2 Å². The number of furan rings is 1. The molecule has 0 bridgehead atoms. The minimum Gasteiger partial charge on any atom is -0.462 e. The van der Waals surface area contributed by atoms with Crippen molar-refractivity contribution in [1.29, 1.82) is 0 Å². The van der Waals surface area contributed by atoms with Gasteiger partial charge in [-0.2, -0.15) is 0 Å². The van der Waals surface area contributed by atoms with Gasteiger partial charge >= 0.3 is 0 Å². The molecule has 0 aliphatic carbocycles. The van der Waals surface area contributed by atoms with Crippen molar-refractivity contribution in [2.45, 2.75) is 13.2 Å². The van der Waals surface area contributed by atoms with E-state index in [1.54, 1.807) is 7.11 Å². The summed E-state index contributed by atoms with van der Waals surface area (Å²) in [6, 6.07) is 3.82. The zero-order valence-corrected chi connectivity index (χ0v) is 7.05. The summed E-state index contributed by atoms with van der Waals surface area (Å²) in [4.78, 5) is 0.